The van der Waals surface area contributed by atoms with E-state index in [2.05, 4.69) is 5.32 Å². The zero-order chi connectivity index (χ0) is 21.0. The Bertz CT molecular complexity index is 916. The molecule has 1 aliphatic heterocycles. The summed E-state index contributed by atoms with van der Waals surface area (Å²) >= 11 is 1.28. The van der Waals surface area contributed by atoms with Crippen LogP contribution in [0.15, 0.2) is 41.3 Å². The topological polar surface area (TPSA) is 90.7 Å². The van der Waals surface area contributed by atoms with Gasteiger partial charge in [0.2, 0.25) is 0 Å². The molecule has 0 saturated carbocycles. The Kier molecular flexibility index (Phi) is 6.64. The summed E-state index contributed by atoms with van der Waals surface area (Å²) in [5, 5.41) is 14.3. The van der Waals surface area contributed by atoms with Crippen molar-refractivity contribution >= 4 is 23.4 Å². The van der Waals surface area contributed by atoms with E-state index in [1.807, 2.05) is 32.0 Å². The SMILES string of the molecule is CSc1ccc(C(=O)N[C@H](c2ccc3c(c2)OCCCO3)C(C)C)cc1[N+](=O)[O-]. The maximum Gasteiger partial charge on any atom is 0.283 e. The van der Waals surface area contributed by atoms with Crippen molar-refractivity contribution < 1.29 is 19.2 Å². The van der Waals surface area contributed by atoms with Gasteiger partial charge >= 0.3 is 0 Å². The van der Waals surface area contributed by atoms with E-state index in [1.165, 1.54) is 17.8 Å². The van der Waals surface area contributed by atoms with Crippen LogP contribution in [0.3, 0.4) is 0 Å². The number of benzene rings is 2. The van der Waals surface area contributed by atoms with Gasteiger partial charge in [0.05, 0.1) is 29.1 Å². The van der Waals surface area contributed by atoms with Crippen molar-refractivity contribution in [2.45, 2.75) is 31.2 Å². The van der Waals surface area contributed by atoms with Crippen LogP contribution < -0.4 is 14.8 Å². The highest BCUT2D eigenvalue weighted by Crippen LogP contribution is 2.34. The molecule has 8 heteroatoms. The van der Waals surface area contributed by atoms with Crippen LogP contribution in [0.25, 0.3) is 0 Å². The largest absolute Gasteiger partial charge is 0.490 e. The lowest BCUT2D eigenvalue weighted by molar-refractivity contribution is -0.387. The maximum absolute atomic E-state index is 12.9. The molecule has 1 amide bonds. The minimum Gasteiger partial charge on any atom is -0.490 e. The first-order valence-electron chi connectivity index (χ1n) is 9.43. The number of fused-ring (bicyclic) bond motifs is 1. The van der Waals surface area contributed by atoms with Gasteiger partial charge in [-0.25, -0.2) is 0 Å². The van der Waals surface area contributed by atoms with Crippen LogP contribution in [0, 0.1) is 16.0 Å². The first-order chi connectivity index (χ1) is 13.9. The van der Waals surface area contributed by atoms with E-state index in [1.54, 1.807) is 18.4 Å². The van der Waals surface area contributed by atoms with Gasteiger partial charge in [-0.05, 0) is 42.0 Å². The van der Waals surface area contributed by atoms with E-state index in [4.69, 9.17) is 9.47 Å². The van der Waals surface area contributed by atoms with Crippen LogP contribution in [0.4, 0.5) is 5.69 Å². The van der Waals surface area contributed by atoms with Gasteiger partial charge in [0.1, 0.15) is 0 Å². The number of nitro groups is 1. The number of amides is 1. The second-order valence-corrected chi connectivity index (χ2v) is 7.94. The molecule has 0 bridgehead atoms. The molecule has 1 atom stereocenters. The summed E-state index contributed by atoms with van der Waals surface area (Å²) in [6.07, 6.45) is 2.58. The molecule has 7 nitrogen and oxygen atoms in total. The lowest BCUT2D eigenvalue weighted by Gasteiger charge is -2.24. The molecule has 29 heavy (non-hydrogen) atoms. The Labute approximate surface area is 173 Å². The first-order valence-corrected chi connectivity index (χ1v) is 10.7. The van der Waals surface area contributed by atoms with E-state index in [9.17, 15) is 14.9 Å². The summed E-state index contributed by atoms with van der Waals surface area (Å²) < 4.78 is 11.4. The van der Waals surface area contributed by atoms with Crippen LogP contribution in [0.2, 0.25) is 0 Å². The van der Waals surface area contributed by atoms with Gasteiger partial charge in [0, 0.05) is 18.1 Å². The van der Waals surface area contributed by atoms with E-state index >= 15 is 0 Å². The van der Waals surface area contributed by atoms with Gasteiger partial charge in [-0.2, -0.15) is 0 Å². The summed E-state index contributed by atoms with van der Waals surface area (Å²) in [6, 6.07) is 9.93. The summed E-state index contributed by atoms with van der Waals surface area (Å²) in [5.41, 5.74) is 1.09. The molecule has 0 unspecified atom stereocenters. The molecule has 2 aromatic rings. The molecule has 1 N–H and O–H groups in total. The number of nitrogens with zero attached hydrogens (tertiary/aromatic N) is 1. The van der Waals surface area contributed by atoms with E-state index in [0.717, 1.165) is 12.0 Å². The molecular formula is C21H24N2O5S. The number of rotatable bonds is 6. The number of carbonyl (C=O) groups is 1. The van der Waals surface area contributed by atoms with Gasteiger partial charge in [0.25, 0.3) is 11.6 Å². The molecule has 0 radical (unpaired) electrons. The first kappa shape index (κ1) is 21.0. The second kappa shape index (κ2) is 9.17. The number of nitro benzene ring substituents is 1. The minimum absolute atomic E-state index is 0.0678. The van der Waals surface area contributed by atoms with Gasteiger partial charge < -0.3 is 14.8 Å². The Morgan fingerprint density at radius 1 is 1.14 bits per heavy atom. The fourth-order valence-corrected chi connectivity index (χ4v) is 3.75. The lowest BCUT2D eigenvalue weighted by atomic mass is 9.95. The molecule has 0 spiro atoms. The van der Waals surface area contributed by atoms with Crippen molar-refractivity contribution in [3.8, 4) is 11.5 Å². The predicted octanol–water partition coefficient (Wildman–Crippen LogP) is 4.61. The van der Waals surface area contributed by atoms with Crippen LogP contribution in [-0.2, 0) is 0 Å². The zero-order valence-electron chi connectivity index (χ0n) is 16.6. The van der Waals surface area contributed by atoms with Crippen molar-refractivity contribution in [3.63, 3.8) is 0 Å². The highest BCUT2D eigenvalue weighted by atomic mass is 32.2. The fraction of sp³-hybridized carbons (Fsp3) is 0.381. The standard InChI is InChI=1S/C21H24N2O5S/c1-13(2)20(14-5-7-17-18(12-14)28-10-4-9-27-17)22-21(24)15-6-8-19(29-3)16(11-15)23(25)26/h5-8,11-13,20H,4,9-10H2,1-3H3,(H,22,24)/t20-/m0/s1. The number of hydrogen-bond donors (Lipinski definition) is 1. The average Bonchev–Trinajstić information content (AvgIpc) is 2.95. The van der Waals surface area contributed by atoms with Crippen LogP contribution in [-0.4, -0.2) is 30.3 Å². The van der Waals surface area contributed by atoms with E-state index in [0.29, 0.717) is 29.6 Å². The van der Waals surface area contributed by atoms with E-state index in [-0.39, 0.29) is 29.1 Å². The van der Waals surface area contributed by atoms with Crippen molar-refractivity contribution in [3.05, 3.63) is 57.6 Å². The van der Waals surface area contributed by atoms with Crippen molar-refractivity contribution in [1.29, 1.82) is 0 Å². The molecule has 0 saturated heterocycles. The molecule has 1 aliphatic rings. The minimum atomic E-state index is -0.466. The van der Waals surface area contributed by atoms with Crippen molar-refractivity contribution in [1.82, 2.24) is 5.32 Å². The molecule has 2 aromatic carbocycles. The number of hydrogen-bond acceptors (Lipinski definition) is 6. The summed E-state index contributed by atoms with van der Waals surface area (Å²) in [4.78, 5) is 24.2. The van der Waals surface area contributed by atoms with Crippen molar-refractivity contribution in [2.75, 3.05) is 19.5 Å². The average molecular weight is 416 g/mol. The predicted molar refractivity (Wildman–Crippen MR) is 112 cm³/mol. The summed E-state index contributed by atoms with van der Waals surface area (Å²) in [6.45, 7) is 5.21. The number of thioether (sulfide) groups is 1. The van der Waals surface area contributed by atoms with Gasteiger partial charge in [-0.3, -0.25) is 14.9 Å². The van der Waals surface area contributed by atoms with E-state index < -0.39 is 4.92 Å². The number of ether oxygens (including phenoxy) is 2. The second-order valence-electron chi connectivity index (χ2n) is 7.10. The Hall–Kier alpha value is -2.74. The van der Waals surface area contributed by atoms with Gasteiger partial charge in [0.15, 0.2) is 11.5 Å². The maximum atomic E-state index is 12.9. The number of nitrogens with one attached hydrogen (secondary N) is 1. The summed E-state index contributed by atoms with van der Waals surface area (Å²) in [7, 11) is 0. The third-order valence-corrected chi connectivity index (χ3v) is 5.51. The number of carbonyl (C=O) groups excluding carboxylic acids is 1. The Morgan fingerprint density at radius 2 is 1.86 bits per heavy atom. The molecule has 0 aliphatic carbocycles. The Balaban J connectivity index is 1.86. The van der Waals surface area contributed by atoms with Gasteiger partial charge in [-0.15, -0.1) is 11.8 Å². The molecular weight excluding hydrogens is 392 g/mol. The highest BCUT2D eigenvalue weighted by Gasteiger charge is 2.23. The van der Waals surface area contributed by atoms with Crippen LogP contribution >= 0.6 is 11.8 Å². The highest BCUT2D eigenvalue weighted by molar-refractivity contribution is 7.98. The summed E-state index contributed by atoms with van der Waals surface area (Å²) in [5.74, 6) is 1.11. The zero-order valence-corrected chi connectivity index (χ0v) is 17.5. The Morgan fingerprint density at radius 3 is 2.52 bits per heavy atom. The lowest BCUT2D eigenvalue weighted by Crippen LogP contribution is -2.31. The van der Waals surface area contributed by atoms with Crippen LogP contribution in [0.5, 0.6) is 11.5 Å². The smallest absolute Gasteiger partial charge is 0.283 e. The molecule has 0 fully saturated rings. The monoisotopic (exact) mass is 416 g/mol. The molecule has 154 valence electrons. The normalized spacial score (nSPS) is 14.2. The third kappa shape index (κ3) is 4.82. The molecule has 3 rings (SSSR count). The van der Waals surface area contributed by atoms with Crippen LogP contribution in [0.1, 0.15) is 42.2 Å². The molecule has 0 aromatic heterocycles. The molecule has 1 heterocycles. The fourth-order valence-electron chi connectivity index (χ4n) is 3.21. The van der Waals surface area contributed by atoms with Gasteiger partial charge in [-0.1, -0.05) is 19.9 Å². The third-order valence-electron chi connectivity index (χ3n) is 4.72. The quantitative estimate of drug-likeness (QED) is 0.420. The van der Waals surface area contributed by atoms with Crippen molar-refractivity contribution in [2.24, 2.45) is 5.92 Å².